The summed E-state index contributed by atoms with van der Waals surface area (Å²) < 4.78 is 18.4. The summed E-state index contributed by atoms with van der Waals surface area (Å²) in [5.74, 6) is 5.91. The van der Waals surface area contributed by atoms with E-state index in [4.69, 9.17) is 4.74 Å². The Bertz CT molecular complexity index is 959. The molecule has 4 nitrogen and oxygen atoms in total. The van der Waals surface area contributed by atoms with Gasteiger partial charge in [0.25, 0.3) is 0 Å². The minimum Gasteiger partial charge on any atom is -0.481 e. The van der Waals surface area contributed by atoms with Gasteiger partial charge in [0.15, 0.2) is 0 Å². The van der Waals surface area contributed by atoms with Crippen LogP contribution in [0, 0.1) is 17.7 Å². The van der Waals surface area contributed by atoms with Gasteiger partial charge >= 0.3 is 0 Å². The van der Waals surface area contributed by atoms with Crippen molar-refractivity contribution in [1.29, 1.82) is 0 Å². The lowest BCUT2D eigenvalue weighted by Gasteiger charge is -2.03. The minimum atomic E-state index is -0.317. The molecule has 5 heteroatoms. The number of nitrogens with one attached hydrogen (secondary N) is 1. The molecule has 0 atom stereocenters. The lowest BCUT2D eigenvalue weighted by atomic mass is 10.1. The number of carbonyl (C=O) groups is 1. The number of nitrogens with zero attached hydrogens (tertiary/aromatic N) is 1. The predicted octanol–water partition coefficient (Wildman–Crippen LogP) is 3.12. The van der Waals surface area contributed by atoms with Gasteiger partial charge in [-0.15, -0.1) is 0 Å². The van der Waals surface area contributed by atoms with Crippen molar-refractivity contribution in [2.45, 2.75) is 6.42 Å². The molecule has 0 bridgehead atoms. The molecular formula is C21H17FN2O2. The molecule has 0 aliphatic rings. The number of hydrogen-bond donors (Lipinski definition) is 1. The molecule has 1 N–H and O–H groups in total. The van der Waals surface area contributed by atoms with Crippen molar-refractivity contribution in [3.05, 3.63) is 72.2 Å². The molecule has 130 valence electrons. The Labute approximate surface area is 151 Å². The highest BCUT2D eigenvalue weighted by atomic mass is 19.1. The molecule has 26 heavy (non-hydrogen) atoms. The van der Waals surface area contributed by atoms with Crippen LogP contribution in [-0.4, -0.2) is 24.0 Å². The first-order valence-corrected chi connectivity index (χ1v) is 8.15. The molecule has 3 aromatic rings. The predicted molar refractivity (Wildman–Crippen MR) is 98.1 cm³/mol. The maximum Gasteiger partial charge on any atom is 0.225 e. The second kappa shape index (κ2) is 8.63. The van der Waals surface area contributed by atoms with E-state index in [1.165, 1.54) is 12.1 Å². The van der Waals surface area contributed by atoms with Crippen molar-refractivity contribution >= 4 is 16.8 Å². The van der Waals surface area contributed by atoms with Crippen molar-refractivity contribution < 1.29 is 13.9 Å². The topological polar surface area (TPSA) is 51.2 Å². The highest BCUT2D eigenvalue weighted by Crippen LogP contribution is 2.18. The number of aromatic nitrogens is 1. The Morgan fingerprint density at radius 2 is 1.96 bits per heavy atom. The molecular weight excluding hydrogens is 331 g/mol. The van der Waals surface area contributed by atoms with Crippen LogP contribution in [0.25, 0.3) is 10.9 Å². The van der Waals surface area contributed by atoms with E-state index in [0.29, 0.717) is 5.75 Å². The molecule has 0 spiro atoms. The molecule has 0 unspecified atom stereocenters. The first-order valence-electron chi connectivity index (χ1n) is 8.15. The minimum absolute atomic E-state index is 0.160. The van der Waals surface area contributed by atoms with E-state index in [1.54, 1.807) is 18.3 Å². The Kier molecular flexibility index (Phi) is 5.79. The van der Waals surface area contributed by atoms with Crippen LogP contribution in [0.15, 0.2) is 60.8 Å². The largest absolute Gasteiger partial charge is 0.481 e. The van der Waals surface area contributed by atoms with Crippen LogP contribution < -0.4 is 10.1 Å². The molecule has 1 amide bonds. The normalized spacial score (nSPS) is 10.0. The smallest absolute Gasteiger partial charge is 0.225 e. The van der Waals surface area contributed by atoms with Crippen LogP contribution >= 0.6 is 0 Å². The summed E-state index contributed by atoms with van der Waals surface area (Å²) in [5, 5.41) is 3.75. The van der Waals surface area contributed by atoms with E-state index < -0.39 is 0 Å². The first-order chi connectivity index (χ1) is 12.7. The van der Waals surface area contributed by atoms with Gasteiger partial charge in [0.1, 0.15) is 18.2 Å². The summed E-state index contributed by atoms with van der Waals surface area (Å²) in [4.78, 5) is 16.0. The van der Waals surface area contributed by atoms with Crippen molar-refractivity contribution in [2.75, 3.05) is 13.2 Å². The third-order valence-corrected chi connectivity index (χ3v) is 3.67. The number of rotatable bonds is 5. The van der Waals surface area contributed by atoms with Gasteiger partial charge in [-0.1, -0.05) is 30.0 Å². The zero-order valence-corrected chi connectivity index (χ0v) is 14.0. The fourth-order valence-corrected chi connectivity index (χ4v) is 2.36. The highest BCUT2D eigenvalue weighted by molar-refractivity contribution is 5.79. The molecule has 3 rings (SSSR count). The van der Waals surface area contributed by atoms with Gasteiger partial charge in [-0.05, 0) is 35.9 Å². The van der Waals surface area contributed by atoms with Crippen molar-refractivity contribution in [2.24, 2.45) is 0 Å². The van der Waals surface area contributed by atoms with Crippen LogP contribution in [-0.2, 0) is 11.2 Å². The van der Waals surface area contributed by atoms with Gasteiger partial charge in [0, 0.05) is 17.6 Å². The lowest BCUT2D eigenvalue weighted by Crippen LogP contribution is -2.25. The zero-order chi connectivity index (χ0) is 18.2. The second-order valence-corrected chi connectivity index (χ2v) is 5.58. The van der Waals surface area contributed by atoms with Gasteiger partial charge in [0.2, 0.25) is 5.91 Å². The number of ether oxygens (including phenoxy) is 1. The number of halogens is 1. The highest BCUT2D eigenvalue weighted by Gasteiger charge is 2.02. The van der Waals surface area contributed by atoms with E-state index in [-0.39, 0.29) is 31.3 Å². The van der Waals surface area contributed by atoms with Crippen LogP contribution in [0.4, 0.5) is 4.39 Å². The molecule has 0 aliphatic heterocycles. The quantitative estimate of drug-likeness (QED) is 0.721. The van der Waals surface area contributed by atoms with Gasteiger partial charge in [-0.3, -0.25) is 9.78 Å². The molecule has 1 heterocycles. The van der Waals surface area contributed by atoms with E-state index in [1.807, 2.05) is 30.3 Å². The van der Waals surface area contributed by atoms with Crippen LogP contribution in [0.1, 0.15) is 5.56 Å². The maximum atomic E-state index is 12.8. The third-order valence-electron chi connectivity index (χ3n) is 3.67. The summed E-state index contributed by atoms with van der Waals surface area (Å²) in [5.41, 5.74) is 1.62. The fraction of sp³-hybridized carbons (Fsp3) is 0.143. The van der Waals surface area contributed by atoms with E-state index in [0.717, 1.165) is 16.5 Å². The molecule has 0 fully saturated rings. The first kappa shape index (κ1) is 17.4. The second-order valence-electron chi connectivity index (χ2n) is 5.58. The average Bonchev–Trinajstić information content (AvgIpc) is 2.66. The van der Waals surface area contributed by atoms with Gasteiger partial charge in [-0.25, -0.2) is 4.39 Å². The summed E-state index contributed by atoms with van der Waals surface area (Å²) in [6, 6.07) is 15.4. The lowest BCUT2D eigenvalue weighted by molar-refractivity contribution is -0.120. The van der Waals surface area contributed by atoms with Crippen LogP contribution in [0.5, 0.6) is 5.75 Å². The monoisotopic (exact) mass is 348 g/mol. The number of hydrogen-bond acceptors (Lipinski definition) is 3. The number of fused-ring (bicyclic) bond motifs is 1. The SMILES string of the molecule is O=C(Cc1ccc(F)cc1)NCC#CCOc1ccc2cccnc2c1. The number of amides is 1. The van der Waals surface area contributed by atoms with E-state index >= 15 is 0 Å². The Morgan fingerprint density at radius 1 is 1.12 bits per heavy atom. The van der Waals surface area contributed by atoms with Crippen molar-refractivity contribution in [3.63, 3.8) is 0 Å². The van der Waals surface area contributed by atoms with Gasteiger partial charge < -0.3 is 10.1 Å². The van der Waals surface area contributed by atoms with Crippen molar-refractivity contribution in [3.8, 4) is 17.6 Å². The molecule has 0 saturated carbocycles. The Hall–Kier alpha value is -3.39. The molecule has 0 saturated heterocycles. The number of benzene rings is 2. The third kappa shape index (κ3) is 5.05. The fourth-order valence-electron chi connectivity index (χ4n) is 2.36. The molecule has 0 radical (unpaired) electrons. The van der Waals surface area contributed by atoms with Gasteiger partial charge in [0.05, 0.1) is 18.5 Å². The maximum absolute atomic E-state index is 12.8. The number of pyridine rings is 1. The number of carbonyl (C=O) groups excluding carboxylic acids is 1. The Morgan fingerprint density at radius 3 is 2.81 bits per heavy atom. The average molecular weight is 348 g/mol. The zero-order valence-electron chi connectivity index (χ0n) is 14.0. The molecule has 1 aromatic heterocycles. The van der Waals surface area contributed by atoms with Crippen molar-refractivity contribution in [1.82, 2.24) is 10.3 Å². The summed E-state index contributed by atoms with van der Waals surface area (Å²) in [7, 11) is 0. The summed E-state index contributed by atoms with van der Waals surface area (Å²) in [6.07, 6.45) is 1.93. The summed E-state index contributed by atoms with van der Waals surface area (Å²) in [6.45, 7) is 0.467. The van der Waals surface area contributed by atoms with Crippen LogP contribution in [0.3, 0.4) is 0 Å². The van der Waals surface area contributed by atoms with E-state index in [2.05, 4.69) is 22.1 Å². The van der Waals surface area contributed by atoms with E-state index in [9.17, 15) is 9.18 Å². The molecule has 0 aliphatic carbocycles. The standard InChI is InChI=1S/C21H17FN2O2/c22-18-8-5-16(6-9-18)14-21(25)24-11-1-2-13-26-19-10-7-17-4-3-12-23-20(17)15-19/h3-10,12,15H,11,13-14H2,(H,24,25). The van der Waals surface area contributed by atoms with Gasteiger partial charge in [-0.2, -0.15) is 0 Å². The summed E-state index contributed by atoms with van der Waals surface area (Å²) >= 11 is 0. The Balaban J connectivity index is 1.40. The molecule has 2 aromatic carbocycles. The van der Waals surface area contributed by atoms with Crippen LogP contribution in [0.2, 0.25) is 0 Å².